The van der Waals surface area contributed by atoms with Crippen LogP contribution in [-0.2, 0) is 0 Å². The summed E-state index contributed by atoms with van der Waals surface area (Å²) in [5, 5.41) is 8.75. The summed E-state index contributed by atoms with van der Waals surface area (Å²) in [6, 6.07) is 2.26. The van der Waals surface area contributed by atoms with Crippen molar-refractivity contribution in [3.05, 3.63) is 0 Å². The lowest BCUT2D eigenvalue weighted by Gasteiger charge is -2.36. The van der Waals surface area contributed by atoms with Gasteiger partial charge in [0.15, 0.2) is 0 Å². The molecule has 0 heterocycles. The van der Waals surface area contributed by atoms with Crippen LogP contribution in [0.2, 0.25) is 0 Å². The van der Waals surface area contributed by atoms with Gasteiger partial charge in [0.05, 0.1) is 6.07 Å². The molecule has 0 aliphatic carbocycles. The van der Waals surface area contributed by atoms with Crippen LogP contribution in [-0.4, -0.2) is 24.5 Å². The van der Waals surface area contributed by atoms with E-state index < -0.39 is 0 Å². The molecule has 17 heavy (non-hydrogen) atoms. The summed E-state index contributed by atoms with van der Waals surface area (Å²) in [7, 11) is 0. The third-order valence-corrected chi connectivity index (χ3v) is 3.76. The molecule has 0 aromatic carbocycles. The summed E-state index contributed by atoms with van der Waals surface area (Å²) in [6.07, 6.45) is 3.00. The second-order valence-corrected chi connectivity index (χ2v) is 6.65. The maximum atomic E-state index is 8.75. The molecule has 0 unspecified atom stereocenters. The van der Waals surface area contributed by atoms with Crippen LogP contribution in [0.15, 0.2) is 0 Å². The van der Waals surface area contributed by atoms with E-state index in [0.717, 1.165) is 19.6 Å². The number of nitrogens with zero attached hydrogens (tertiary/aromatic N) is 2. The highest BCUT2D eigenvalue weighted by molar-refractivity contribution is 4.80. The van der Waals surface area contributed by atoms with Gasteiger partial charge < -0.3 is 4.90 Å². The Balaban J connectivity index is 4.49. The van der Waals surface area contributed by atoms with Crippen LogP contribution in [0.4, 0.5) is 0 Å². The fraction of sp³-hybridized carbons (Fsp3) is 0.933. The van der Waals surface area contributed by atoms with Crippen molar-refractivity contribution in [3.8, 4) is 6.07 Å². The van der Waals surface area contributed by atoms with E-state index in [4.69, 9.17) is 5.26 Å². The first-order chi connectivity index (χ1) is 7.76. The number of hydrogen-bond donors (Lipinski definition) is 0. The molecule has 0 aromatic heterocycles. The predicted octanol–water partition coefficient (Wildman–Crippen LogP) is 4.07. The van der Waals surface area contributed by atoms with E-state index in [9.17, 15) is 0 Å². The van der Waals surface area contributed by atoms with Crippen molar-refractivity contribution in [1.82, 2.24) is 4.90 Å². The average Bonchev–Trinajstić information content (AvgIpc) is 2.25. The van der Waals surface area contributed by atoms with Gasteiger partial charge in [-0.1, -0.05) is 41.5 Å². The smallest absolute Gasteiger partial charge is 0.0635 e. The number of hydrogen-bond acceptors (Lipinski definition) is 2. The molecule has 0 bridgehead atoms. The molecular weight excluding hydrogens is 208 g/mol. The van der Waals surface area contributed by atoms with Crippen LogP contribution in [0.1, 0.15) is 60.8 Å². The summed E-state index contributed by atoms with van der Waals surface area (Å²) in [4.78, 5) is 2.47. The minimum absolute atomic E-state index is 0.347. The number of rotatable bonds is 8. The Morgan fingerprint density at radius 3 is 1.65 bits per heavy atom. The zero-order valence-electron chi connectivity index (χ0n) is 12.6. The molecule has 2 nitrogen and oxygen atoms in total. The average molecular weight is 238 g/mol. The predicted molar refractivity (Wildman–Crippen MR) is 74.8 cm³/mol. The summed E-state index contributed by atoms with van der Waals surface area (Å²) in [5.74, 6) is 0. The topological polar surface area (TPSA) is 27.0 Å². The normalized spacial score (nSPS) is 12.8. The van der Waals surface area contributed by atoms with Gasteiger partial charge in [0.25, 0.3) is 0 Å². The molecule has 0 amide bonds. The zero-order valence-corrected chi connectivity index (χ0v) is 12.6. The Bertz CT molecular complexity index is 230. The maximum absolute atomic E-state index is 8.75. The van der Waals surface area contributed by atoms with E-state index in [2.05, 4.69) is 52.5 Å². The fourth-order valence-electron chi connectivity index (χ4n) is 1.86. The molecule has 0 N–H and O–H groups in total. The SMILES string of the molecule is CCC(C)(C)CN(CCC#N)CC(C)(C)CC. The van der Waals surface area contributed by atoms with Gasteiger partial charge in [-0.2, -0.15) is 5.26 Å². The first-order valence-corrected chi connectivity index (χ1v) is 6.85. The highest BCUT2D eigenvalue weighted by Crippen LogP contribution is 2.26. The maximum Gasteiger partial charge on any atom is 0.0635 e. The fourth-order valence-corrected chi connectivity index (χ4v) is 1.86. The molecule has 0 rings (SSSR count). The first-order valence-electron chi connectivity index (χ1n) is 6.85. The van der Waals surface area contributed by atoms with E-state index in [0.29, 0.717) is 17.3 Å². The van der Waals surface area contributed by atoms with Gasteiger partial charge in [-0.05, 0) is 23.7 Å². The number of nitriles is 1. The Labute approximate surface area is 108 Å². The van der Waals surface area contributed by atoms with E-state index in [1.807, 2.05) is 0 Å². The summed E-state index contributed by atoms with van der Waals surface area (Å²) >= 11 is 0. The van der Waals surface area contributed by atoms with Crippen molar-refractivity contribution in [2.45, 2.75) is 60.8 Å². The van der Waals surface area contributed by atoms with Crippen molar-refractivity contribution >= 4 is 0 Å². The molecule has 2 heteroatoms. The summed E-state index contributed by atoms with van der Waals surface area (Å²) in [5.41, 5.74) is 0.693. The van der Waals surface area contributed by atoms with E-state index in [1.54, 1.807) is 0 Å². The van der Waals surface area contributed by atoms with Gasteiger partial charge in [0.1, 0.15) is 0 Å². The van der Waals surface area contributed by atoms with Crippen LogP contribution >= 0.6 is 0 Å². The zero-order chi connectivity index (χ0) is 13.5. The molecule has 0 spiro atoms. The second-order valence-electron chi connectivity index (χ2n) is 6.65. The van der Waals surface area contributed by atoms with Gasteiger partial charge in [-0.3, -0.25) is 0 Å². The second kappa shape index (κ2) is 7.01. The van der Waals surface area contributed by atoms with Crippen molar-refractivity contribution in [3.63, 3.8) is 0 Å². The standard InChI is InChI=1S/C15H30N2/c1-7-14(3,4)12-17(11-9-10-16)13-15(5,6)8-2/h7-9,11-13H2,1-6H3. The minimum atomic E-state index is 0.347. The minimum Gasteiger partial charge on any atom is -0.301 e. The van der Waals surface area contributed by atoms with Crippen molar-refractivity contribution < 1.29 is 0 Å². The third-order valence-electron chi connectivity index (χ3n) is 3.76. The lowest BCUT2D eigenvalue weighted by molar-refractivity contribution is 0.122. The van der Waals surface area contributed by atoms with Gasteiger partial charge >= 0.3 is 0 Å². The lowest BCUT2D eigenvalue weighted by Crippen LogP contribution is -2.40. The quantitative estimate of drug-likeness (QED) is 0.637. The van der Waals surface area contributed by atoms with Crippen LogP contribution in [0.5, 0.6) is 0 Å². The Morgan fingerprint density at radius 1 is 0.941 bits per heavy atom. The van der Waals surface area contributed by atoms with Gasteiger partial charge in [-0.15, -0.1) is 0 Å². The van der Waals surface area contributed by atoms with E-state index >= 15 is 0 Å². The van der Waals surface area contributed by atoms with E-state index in [-0.39, 0.29) is 0 Å². The molecule has 0 aliphatic heterocycles. The van der Waals surface area contributed by atoms with Crippen molar-refractivity contribution in [1.29, 1.82) is 5.26 Å². The van der Waals surface area contributed by atoms with Gasteiger partial charge in [0.2, 0.25) is 0 Å². The summed E-state index contributed by atoms with van der Waals surface area (Å²) < 4.78 is 0. The monoisotopic (exact) mass is 238 g/mol. The molecule has 0 aliphatic rings. The van der Waals surface area contributed by atoms with E-state index in [1.165, 1.54) is 12.8 Å². The van der Waals surface area contributed by atoms with Crippen molar-refractivity contribution in [2.24, 2.45) is 10.8 Å². The molecule has 0 atom stereocenters. The highest BCUT2D eigenvalue weighted by Gasteiger charge is 2.24. The Hall–Kier alpha value is -0.550. The molecule has 0 aromatic rings. The van der Waals surface area contributed by atoms with Gasteiger partial charge in [0, 0.05) is 26.1 Å². The highest BCUT2D eigenvalue weighted by atomic mass is 15.1. The summed E-state index contributed by atoms with van der Waals surface area (Å²) in [6.45, 7) is 16.8. The van der Waals surface area contributed by atoms with Crippen molar-refractivity contribution in [2.75, 3.05) is 19.6 Å². The molecule has 0 radical (unpaired) electrons. The van der Waals surface area contributed by atoms with Crippen LogP contribution in [0.3, 0.4) is 0 Å². The largest absolute Gasteiger partial charge is 0.301 e. The molecule has 0 saturated heterocycles. The van der Waals surface area contributed by atoms with Gasteiger partial charge in [-0.25, -0.2) is 0 Å². The Kier molecular flexibility index (Phi) is 6.78. The molecule has 0 fully saturated rings. The molecular formula is C15H30N2. The van der Waals surface area contributed by atoms with Crippen LogP contribution < -0.4 is 0 Å². The Morgan fingerprint density at radius 2 is 1.35 bits per heavy atom. The third kappa shape index (κ3) is 7.39. The van der Waals surface area contributed by atoms with Crippen LogP contribution in [0.25, 0.3) is 0 Å². The first kappa shape index (κ1) is 16.4. The molecule has 100 valence electrons. The lowest BCUT2D eigenvalue weighted by atomic mass is 9.86. The van der Waals surface area contributed by atoms with Crippen LogP contribution in [0, 0.1) is 22.2 Å². The molecule has 0 saturated carbocycles.